The van der Waals surface area contributed by atoms with Gasteiger partial charge in [0.25, 0.3) is 23.6 Å². The van der Waals surface area contributed by atoms with Crippen LogP contribution in [-0.2, 0) is 38.8 Å². The van der Waals surface area contributed by atoms with Gasteiger partial charge in [0, 0.05) is 68.1 Å². The van der Waals surface area contributed by atoms with Crippen LogP contribution in [0.15, 0.2) is 48.5 Å². The van der Waals surface area contributed by atoms with Gasteiger partial charge in [-0.25, -0.2) is 35.1 Å². The summed E-state index contributed by atoms with van der Waals surface area (Å²) in [5.74, 6) is -14.6. The molecule has 6 atom stereocenters. The van der Waals surface area contributed by atoms with Crippen molar-refractivity contribution < 1.29 is 132 Å². The number of aromatic nitrogens is 8. The standard InChI is InChI=1S/C25H35F2N3O5.2C24H33F2N3O5.C23H31F2N3O5/c1-7-15(8-2)13-30-20(22-23(34-5)17(26)11-18(27)24(22)35-6)12-19(29-30)25(33)28-16(9-14(3)4)10-21(31)32;1-12(2)8-15(9-20(30)31)27-24(32)18-11-19(29(28-18)14(5)13(3)4)21-22(33-6)16(25)10-17(26)23(21)34-7;1-7-14(4)12-29-19(21-22(33-5)16(25)10-17(26)23(21)34-6)11-18(28-29)24(32)27-15(8-13(2)3)9-20(30)31;1-12(2)7-14(8-19(29)30)26-23(31)17-10-18(28(27-17)11-13(3)4)20-21(32-5)15(24)9-16(25)22(20)33-6/h11-12,14-16H,7-10,13H2,1-6H3,(H,28,33)(H,31,32);10-15H,8-9H2,1-7H3,(H,27,32)(H,30,31);10-11,13-15H,7-9,12H2,1-6H3,(H,27,32)(H,30,31);9-10,12-14H,7-8,11H2,1-6H3,(H,26,31)(H,29,30)/t16-;2*14?,15-;14-/m0000/s1. The van der Waals surface area contributed by atoms with Gasteiger partial charge in [-0.05, 0) is 104 Å². The van der Waals surface area contributed by atoms with Crippen LogP contribution < -0.4 is 59.2 Å². The first-order chi connectivity index (χ1) is 63.9. The number of ether oxygens (including phenoxy) is 8. The lowest BCUT2D eigenvalue weighted by Crippen LogP contribution is -2.37. The first kappa shape index (κ1) is 114. The van der Waals surface area contributed by atoms with Crippen molar-refractivity contribution in [1.29, 1.82) is 0 Å². The van der Waals surface area contributed by atoms with Crippen LogP contribution in [0.1, 0.15) is 236 Å². The Bertz CT molecular complexity index is 5280. The van der Waals surface area contributed by atoms with Crippen LogP contribution in [0.25, 0.3) is 45.0 Å². The molecule has 0 fully saturated rings. The van der Waals surface area contributed by atoms with Gasteiger partial charge in [-0.1, -0.05) is 130 Å². The van der Waals surface area contributed by atoms with Crippen LogP contribution in [0.3, 0.4) is 0 Å². The summed E-state index contributed by atoms with van der Waals surface area (Å²) in [6, 6.07) is 5.67. The fraction of sp³-hybridized carbons (Fsp3) is 0.542. The second kappa shape index (κ2) is 53.0. The molecule has 0 radical (unpaired) electrons. The summed E-state index contributed by atoms with van der Waals surface area (Å²) in [6.07, 6.45) is 3.39. The van der Waals surface area contributed by atoms with E-state index in [0.29, 0.717) is 69.6 Å². The highest BCUT2D eigenvalue weighted by molar-refractivity contribution is 5.97. The third kappa shape index (κ3) is 31.2. The van der Waals surface area contributed by atoms with Crippen LogP contribution in [0.4, 0.5) is 35.1 Å². The molecule has 0 aliphatic carbocycles. The zero-order valence-corrected chi connectivity index (χ0v) is 81.9. The summed E-state index contributed by atoms with van der Waals surface area (Å²) >= 11 is 0. The second-order valence-electron chi connectivity index (χ2n) is 35.4. The molecule has 0 saturated carbocycles. The predicted molar refractivity (Wildman–Crippen MR) is 492 cm³/mol. The third-order valence-corrected chi connectivity index (χ3v) is 21.9. The number of halogens is 8. The summed E-state index contributed by atoms with van der Waals surface area (Å²) in [6.45, 7) is 34.2. The highest BCUT2D eigenvalue weighted by Crippen LogP contribution is 2.48. The lowest BCUT2D eigenvalue weighted by molar-refractivity contribution is -0.138. The molecule has 752 valence electrons. The van der Waals surface area contributed by atoms with E-state index in [1.165, 1.54) is 99.9 Å². The third-order valence-electron chi connectivity index (χ3n) is 21.9. The fourth-order valence-electron chi connectivity index (χ4n) is 15.2. The highest BCUT2D eigenvalue weighted by atomic mass is 19.2. The number of benzene rings is 4. The normalized spacial score (nSPS) is 12.6. The van der Waals surface area contributed by atoms with Crippen LogP contribution in [0, 0.1) is 93.9 Å². The predicted octanol–water partition coefficient (Wildman–Crippen LogP) is 18.2. The molecule has 0 aliphatic heterocycles. The Labute approximate surface area is 787 Å². The maximum Gasteiger partial charge on any atom is 0.305 e. The summed E-state index contributed by atoms with van der Waals surface area (Å²) in [7, 11) is 10.0. The molecule has 4 aromatic carbocycles. The van der Waals surface area contributed by atoms with E-state index >= 15 is 0 Å². The van der Waals surface area contributed by atoms with E-state index < -0.39 is 118 Å². The Balaban J connectivity index is 0.000000320. The SMILES string of the molecule is CCC(C)Cn1nc(C(=O)N[C@H](CC(=O)O)CC(C)C)cc1-c1c(OC)c(F)cc(F)c1OC.CCC(CC)Cn1nc(C(=O)N[C@H](CC(=O)O)CC(C)C)cc1-c1c(OC)c(F)cc(F)c1OC.COc1c(F)cc(F)c(OC)c1-c1cc(C(=O)N[C@H](CC(=O)O)CC(C)C)nn1C(C)C(C)C.COc1c(F)cc(F)c(OC)c1-c1cc(C(=O)N[C@H](CC(=O)O)CC(C)C)nn1CC(C)C. The van der Waals surface area contributed by atoms with Gasteiger partial charge < -0.3 is 79.6 Å². The molecule has 0 saturated heterocycles. The van der Waals surface area contributed by atoms with E-state index in [2.05, 4.69) is 41.7 Å². The van der Waals surface area contributed by atoms with Gasteiger partial charge in [-0.3, -0.25) is 57.1 Å². The lowest BCUT2D eigenvalue weighted by atomic mass is 10.0. The molecule has 8 rings (SSSR count). The number of hydrogen-bond acceptors (Lipinski definition) is 20. The number of methoxy groups -OCH3 is 8. The number of amides is 4. The molecule has 8 aromatic rings. The summed E-state index contributed by atoms with van der Waals surface area (Å²) in [4.78, 5) is 97.1. The van der Waals surface area contributed by atoms with Crippen molar-refractivity contribution in [2.75, 3.05) is 56.9 Å². The topological polar surface area (TPSA) is 411 Å². The van der Waals surface area contributed by atoms with E-state index in [1.54, 1.807) is 0 Å². The molecule has 40 heteroatoms. The minimum absolute atomic E-state index is 0.00104. The smallest absolute Gasteiger partial charge is 0.305 e. The molecular weight excluding hydrogens is 1790 g/mol. The Kier molecular flexibility index (Phi) is 44.4. The second-order valence-corrected chi connectivity index (χ2v) is 35.4. The number of rotatable bonds is 47. The number of carbonyl (C=O) groups is 8. The number of carboxylic acids is 4. The van der Waals surface area contributed by atoms with Crippen LogP contribution in [0.5, 0.6) is 46.0 Å². The van der Waals surface area contributed by atoms with Gasteiger partial charge in [-0.2, -0.15) is 20.4 Å². The molecule has 4 amide bonds. The monoisotopic (exact) mass is 1920 g/mol. The zero-order chi connectivity index (χ0) is 102. The minimum atomic E-state index is -1.03. The van der Waals surface area contributed by atoms with Crippen molar-refractivity contribution in [3.8, 4) is 91.0 Å². The van der Waals surface area contributed by atoms with Crippen LogP contribution in [0.2, 0.25) is 0 Å². The number of aliphatic carboxylic acids is 4. The average Bonchev–Trinajstić information content (AvgIpc) is 1.58. The first-order valence-electron chi connectivity index (χ1n) is 44.8. The molecule has 0 aliphatic rings. The van der Waals surface area contributed by atoms with E-state index in [0.717, 1.165) is 19.3 Å². The minimum Gasteiger partial charge on any atom is -0.493 e. The lowest BCUT2D eigenvalue weighted by Gasteiger charge is -2.21. The molecule has 0 bridgehead atoms. The van der Waals surface area contributed by atoms with Crippen LogP contribution in [-0.4, -0.2) is 188 Å². The Hall–Kier alpha value is -12.7. The Morgan fingerprint density at radius 3 is 0.735 bits per heavy atom. The summed E-state index contributed by atoms with van der Waals surface area (Å²) < 4.78 is 164. The van der Waals surface area contributed by atoms with E-state index in [9.17, 15) is 93.9 Å². The Morgan fingerprint density at radius 2 is 0.529 bits per heavy atom. The summed E-state index contributed by atoms with van der Waals surface area (Å²) in [5.41, 5.74) is 0.926. The van der Waals surface area contributed by atoms with Gasteiger partial charge in [0.1, 0.15) is 0 Å². The number of carbonyl (C=O) groups excluding carboxylic acids is 4. The molecule has 2 unspecified atom stereocenters. The van der Waals surface area contributed by atoms with E-state index in [4.69, 9.17) is 37.9 Å². The van der Waals surface area contributed by atoms with Crippen molar-refractivity contribution in [2.45, 2.75) is 238 Å². The maximum absolute atomic E-state index is 14.6. The van der Waals surface area contributed by atoms with Gasteiger partial charge >= 0.3 is 23.9 Å². The Morgan fingerprint density at radius 1 is 0.309 bits per heavy atom. The zero-order valence-electron chi connectivity index (χ0n) is 81.9. The number of carboxylic acid groups (broad SMARTS) is 4. The molecule has 4 heterocycles. The summed E-state index contributed by atoms with van der Waals surface area (Å²) in [5, 5.41) is 65.3. The van der Waals surface area contributed by atoms with E-state index in [1.807, 2.05) is 118 Å². The van der Waals surface area contributed by atoms with Crippen molar-refractivity contribution >= 4 is 47.5 Å². The molecule has 0 spiro atoms. The molecule has 136 heavy (non-hydrogen) atoms. The molecule has 8 N–H and O–H groups in total. The van der Waals surface area contributed by atoms with Gasteiger partial charge in [0.05, 0.1) is 134 Å². The van der Waals surface area contributed by atoms with E-state index in [-0.39, 0.29) is 193 Å². The fourth-order valence-corrected chi connectivity index (χ4v) is 15.2. The molecular formula is C96H132F8N12O20. The van der Waals surface area contributed by atoms with Crippen molar-refractivity contribution in [1.82, 2.24) is 60.4 Å². The van der Waals surface area contributed by atoms with Crippen molar-refractivity contribution in [3.05, 3.63) is 118 Å². The number of nitrogens with zero attached hydrogens (tertiary/aromatic N) is 8. The van der Waals surface area contributed by atoms with Crippen molar-refractivity contribution in [2.24, 2.45) is 47.3 Å². The quantitative estimate of drug-likeness (QED) is 0.0164. The highest BCUT2D eigenvalue weighted by Gasteiger charge is 2.36. The first-order valence-corrected chi connectivity index (χ1v) is 44.8. The molecule has 4 aromatic heterocycles. The number of nitrogens with one attached hydrogen (secondary N) is 4. The number of hydrogen-bond donors (Lipinski definition) is 8. The largest absolute Gasteiger partial charge is 0.493 e. The molecule has 32 nitrogen and oxygen atoms in total. The van der Waals surface area contributed by atoms with Gasteiger partial charge in [0.15, 0.2) is 115 Å². The van der Waals surface area contributed by atoms with Crippen molar-refractivity contribution in [3.63, 3.8) is 0 Å². The van der Waals surface area contributed by atoms with Crippen LogP contribution >= 0.6 is 0 Å². The van der Waals surface area contributed by atoms with Gasteiger partial charge in [0.2, 0.25) is 0 Å². The van der Waals surface area contributed by atoms with Gasteiger partial charge in [-0.15, -0.1) is 0 Å². The average molecular weight is 1930 g/mol. The maximum atomic E-state index is 14.6.